The number of nitro groups is 1. The van der Waals surface area contributed by atoms with Gasteiger partial charge >= 0.3 is 6.09 Å². The standard InChI is InChI=1S/C19H15ClN4O6/c20-13-1-4-17(30-19(26)23-5-7-29-8-6-23)15(10-13)18(25)22-14-2-3-16(24(27)28)12(9-14)11-21/h1-4,9-10H,5-8H2,(H,22,25). The fourth-order valence-electron chi connectivity index (χ4n) is 2.73. The summed E-state index contributed by atoms with van der Waals surface area (Å²) in [6.07, 6.45) is -0.628. The monoisotopic (exact) mass is 430 g/mol. The van der Waals surface area contributed by atoms with E-state index >= 15 is 0 Å². The third-order valence-corrected chi connectivity index (χ3v) is 4.46. The number of hydrogen-bond donors (Lipinski definition) is 1. The molecule has 0 unspecified atom stereocenters. The SMILES string of the molecule is N#Cc1cc(NC(=O)c2cc(Cl)ccc2OC(=O)N2CCOCC2)ccc1[N+](=O)[O-]. The second-order valence-electron chi connectivity index (χ2n) is 6.16. The van der Waals surface area contributed by atoms with Crippen molar-refractivity contribution in [2.24, 2.45) is 0 Å². The Labute approximate surface area is 175 Å². The summed E-state index contributed by atoms with van der Waals surface area (Å²) < 4.78 is 10.6. The Kier molecular flexibility index (Phi) is 6.46. The van der Waals surface area contributed by atoms with E-state index in [0.717, 1.165) is 6.07 Å². The lowest BCUT2D eigenvalue weighted by Gasteiger charge is -2.26. The molecule has 11 heteroatoms. The van der Waals surface area contributed by atoms with Gasteiger partial charge in [0.2, 0.25) is 0 Å². The van der Waals surface area contributed by atoms with Crippen molar-refractivity contribution in [2.75, 3.05) is 31.6 Å². The van der Waals surface area contributed by atoms with Gasteiger partial charge in [0.1, 0.15) is 17.4 Å². The molecule has 1 aliphatic rings. The van der Waals surface area contributed by atoms with Crippen molar-refractivity contribution in [3.63, 3.8) is 0 Å². The molecule has 2 aromatic carbocycles. The zero-order valence-corrected chi connectivity index (χ0v) is 16.2. The van der Waals surface area contributed by atoms with Crippen LogP contribution >= 0.6 is 11.6 Å². The van der Waals surface area contributed by atoms with E-state index in [1.165, 1.54) is 35.2 Å². The normalized spacial score (nSPS) is 13.3. The summed E-state index contributed by atoms with van der Waals surface area (Å²) in [7, 11) is 0. The molecular formula is C19H15ClN4O6. The number of carbonyl (C=O) groups excluding carboxylic acids is 2. The highest BCUT2D eigenvalue weighted by atomic mass is 35.5. The average molecular weight is 431 g/mol. The van der Waals surface area contributed by atoms with Gasteiger partial charge in [0.15, 0.2) is 0 Å². The van der Waals surface area contributed by atoms with Crippen LogP contribution in [-0.4, -0.2) is 48.1 Å². The highest BCUT2D eigenvalue weighted by molar-refractivity contribution is 6.31. The largest absolute Gasteiger partial charge is 0.415 e. The van der Waals surface area contributed by atoms with Crippen LogP contribution in [-0.2, 0) is 4.74 Å². The van der Waals surface area contributed by atoms with Crippen LogP contribution in [0.3, 0.4) is 0 Å². The molecular weight excluding hydrogens is 416 g/mol. The molecule has 0 atom stereocenters. The van der Waals surface area contributed by atoms with Crippen molar-refractivity contribution in [3.8, 4) is 11.8 Å². The molecule has 0 saturated carbocycles. The zero-order chi connectivity index (χ0) is 21.7. The van der Waals surface area contributed by atoms with E-state index in [0.29, 0.717) is 26.3 Å². The molecule has 1 aliphatic heterocycles. The quantitative estimate of drug-likeness (QED) is 0.581. The van der Waals surface area contributed by atoms with E-state index in [4.69, 9.17) is 26.3 Å². The topological polar surface area (TPSA) is 135 Å². The number of nitriles is 1. The Morgan fingerprint density at radius 2 is 1.97 bits per heavy atom. The van der Waals surface area contributed by atoms with E-state index in [-0.39, 0.29) is 33.3 Å². The van der Waals surface area contributed by atoms with Gasteiger partial charge in [-0.1, -0.05) is 11.6 Å². The third-order valence-electron chi connectivity index (χ3n) is 4.22. The highest BCUT2D eigenvalue weighted by Crippen LogP contribution is 2.26. The predicted molar refractivity (Wildman–Crippen MR) is 106 cm³/mol. The van der Waals surface area contributed by atoms with Crippen LogP contribution < -0.4 is 10.1 Å². The number of benzene rings is 2. The number of nitro benzene ring substituents is 1. The van der Waals surface area contributed by atoms with Crippen molar-refractivity contribution in [2.45, 2.75) is 0 Å². The first kappa shape index (κ1) is 21.0. The number of morpholine rings is 1. The molecule has 2 aromatic rings. The maximum absolute atomic E-state index is 12.8. The summed E-state index contributed by atoms with van der Waals surface area (Å²) >= 11 is 5.99. The van der Waals surface area contributed by atoms with Gasteiger partial charge in [-0.25, -0.2) is 4.79 Å². The number of hydrogen-bond acceptors (Lipinski definition) is 7. The lowest BCUT2D eigenvalue weighted by Crippen LogP contribution is -2.42. The minimum absolute atomic E-state index is 0.00388. The number of nitrogens with zero attached hydrogens (tertiary/aromatic N) is 3. The first-order valence-electron chi connectivity index (χ1n) is 8.73. The predicted octanol–water partition coefficient (Wildman–Crippen LogP) is 3.20. The van der Waals surface area contributed by atoms with Crippen LogP contribution in [0.25, 0.3) is 0 Å². The van der Waals surface area contributed by atoms with Crippen LogP contribution in [0, 0.1) is 21.4 Å². The molecule has 1 saturated heterocycles. The van der Waals surface area contributed by atoms with Gasteiger partial charge in [-0.2, -0.15) is 5.26 Å². The number of ether oxygens (including phenoxy) is 2. The van der Waals surface area contributed by atoms with Gasteiger partial charge < -0.3 is 19.7 Å². The molecule has 30 heavy (non-hydrogen) atoms. The van der Waals surface area contributed by atoms with E-state index in [1.807, 2.05) is 0 Å². The van der Waals surface area contributed by atoms with Crippen molar-refractivity contribution < 1.29 is 24.0 Å². The van der Waals surface area contributed by atoms with Gasteiger partial charge in [-0.15, -0.1) is 0 Å². The Balaban J connectivity index is 1.82. The number of rotatable bonds is 4. The summed E-state index contributed by atoms with van der Waals surface area (Å²) in [5, 5.41) is 22.8. The van der Waals surface area contributed by atoms with Crippen LogP contribution in [0.5, 0.6) is 5.75 Å². The Hall–Kier alpha value is -3.68. The third kappa shape index (κ3) is 4.83. The number of anilines is 1. The first-order valence-corrected chi connectivity index (χ1v) is 9.11. The number of carbonyl (C=O) groups is 2. The summed E-state index contributed by atoms with van der Waals surface area (Å²) in [5.41, 5.74) is -0.435. The van der Waals surface area contributed by atoms with Gasteiger partial charge in [0, 0.05) is 29.9 Å². The van der Waals surface area contributed by atoms with Crippen LogP contribution in [0.4, 0.5) is 16.2 Å². The van der Waals surface area contributed by atoms with Crippen molar-refractivity contribution in [1.29, 1.82) is 5.26 Å². The summed E-state index contributed by atoms with van der Waals surface area (Å²) in [6.45, 7) is 1.52. The van der Waals surface area contributed by atoms with E-state index in [2.05, 4.69) is 5.32 Å². The molecule has 3 rings (SSSR count). The minimum Gasteiger partial charge on any atom is -0.409 e. The molecule has 0 aliphatic carbocycles. The lowest BCUT2D eigenvalue weighted by molar-refractivity contribution is -0.385. The van der Waals surface area contributed by atoms with Crippen LogP contribution in [0.15, 0.2) is 36.4 Å². The summed E-state index contributed by atoms with van der Waals surface area (Å²) in [5.74, 6) is -0.671. The number of halogens is 1. The van der Waals surface area contributed by atoms with Crippen LogP contribution in [0.1, 0.15) is 15.9 Å². The van der Waals surface area contributed by atoms with E-state index in [1.54, 1.807) is 6.07 Å². The maximum atomic E-state index is 12.8. The lowest BCUT2D eigenvalue weighted by atomic mass is 10.1. The van der Waals surface area contributed by atoms with E-state index < -0.39 is 16.9 Å². The molecule has 154 valence electrons. The average Bonchev–Trinajstić information content (AvgIpc) is 2.75. The number of nitrogens with one attached hydrogen (secondary N) is 1. The summed E-state index contributed by atoms with van der Waals surface area (Å²) in [4.78, 5) is 36.8. The summed E-state index contributed by atoms with van der Waals surface area (Å²) in [6, 6.07) is 9.50. The van der Waals surface area contributed by atoms with Crippen molar-refractivity contribution >= 4 is 35.0 Å². The van der Waals surface area contributed by atoms with Gasteiger partial charge in [0.05, 0.1) is 23.7 Å². The van der Waals surface area contributed by atoms with Crippen LogP contribution in [0.2, 0.25) is 5.02 Å². The second kappa shape index (κ2) is 9.21. The Morgan fingerprint density at radius 1 is 1.23 bits per heavy atom. The van der Waals surface area contributed by atoms with Gasteiger partial charge in [-0.05, 0) is 30.3 Å². The molecule has 0 bridgehead atoms. The molecule has 0 spiro atoms. The molecule has 1 N–H and O–H groups in total. The molecule has 0 radical (unpaired) electrons. The van der Waals surface area contributed by atoms with E-state index in [9.17, 15) is 19.7 Å². The maximum Gasteiger partial charge on any atom is 0.415 e. The second-order valence-corrected chi connectivity index (χ2v) is 6.60. The Morgan fingerprint density at radius 3 is 2.63 bits per heavy atom. The fraction of sp³-hybridized carbons (Fsp3) is 0.211. The van der Waals surface area contributed by atoms with Crippen molar-refractivity contribution in [1.82, 2.24) is 4.90 Å². The molecule has 0 aromatic heterocycles. The molecule has 1 heterocycles. The minimum atomic E-state index is -0.690. The fourth-order valence-corrected chi connectivity index (χ4v) is 2.91. The highest BCUT2D eigenvalue weighted by Gasteiger charge is 2.22. The molecule has 1 fully saturated rings. The van der Waals surface area contributed by atoms with Crippen molar-refractivity contribution in [3.05, 3.63) is 62.7 Å². The molecule has 10 nitrogen and oxygen atoms in total. The zero-order valence-electron chi connectivity index (χ0n) is 15.5. The van der Waals surface area contributed by atoms with Gasteiger partial charge in [-0.3, -0.25) is 14.9 Å². The smallest absolute Gasteiger partial charge is 0.409 e. The van der Waals surface area contributed by atoms with Gasteiger partial charge in [0.25, 0.3) is 11.6 Å². The first-order chi connectivity index (χ1) is 14.4. The molecule has 2 amide bonds. The number of amides is 2. The Bertz CT molecular complexity index is 1050.